The molecule has 0 aromatic heterocycles. The number of anilines is 1. The number of likely N-dealkylation sites (N-methyl/N-ethyl adjacent to an activating group) is 1. The molecule has 0 aliphatic carbocycles. The molecule has 8 nitrogen and oxygen atoms in total. The number of hydrogen-bond donors (Lipinski definition) is 2. The van der Waals surface area contributed by atoms with E-state index in [1.165, 1.54) is 24.1 Å². The van der Waals surface area contributed by atoms with Gasteiger partial charge in [-0.1, -0.05) is 6.07 Å². The molecule has 1 rings (SSSR count). The van der Waals surface area contributed by atoms with Crippen LogP contribution in [-0.4, -0.2) is 76.3 Å². The van der Waals surface area contributed by atoms with Crippen LogP contribution in [0.1, 0.15) is 19.4 Å². The summed E-state index contributed by atoms with van der Waals surface area (Å²) in [6.45, 7) is 6.58. The summed E-state index contributed by atoms with van der Waals surface area (Å²) in [5.74, 6) is 0. The number of benzene rings is 1. The van der Waals surface area contributed by atoms with Crippen molar-refractivity contribution in [3.8, 4) is 0 Å². The van der Waals surface area contributed by atoms with Gasteiger partial charge in [-0.15, -0.1) is 0 Å². The molecule has 0 saturated heterocycles. The summed E-state index contributed by atoms with van der Waals surface area (Å²) in [6.07, 6.45) is 0.388. The molecule has 1 aromatic rings. The number of amides is 2. The quantitative estimate of drug-likeness (QED) is 0.577. The van der Waals surface area contributed by atoms with Crippen LogP contribution >= 0.6 is 0 Å². The fourth-order valence-corrected chi connectivity index (χ4v) is 2.84. The smallest absolute Gasteiger partial charge is 0.321 e. The Morgan fingerprint density at radius 2 is 1.96 bits per heavy atom. The van der Waals surface area contributed by atoms with Crippen molar-refractivity contribution >= 4 is 21.6 Å². The topological polar surface area (TPSA) is 105 Å². The first-order chi connectivity index (χ1) is 12.5. The van der Waals surface area contributed by atoms with Crippen molar-refractivity contribution in [3.63, 3.8) is 0 Å². The van der Waals surface area contributed by atoms with Gasteiger partial charge >= 0.3 is 6.03 Å². The number of carbonyl (C=O) groups is 1. The number of carbonyl (C=O) groups excluding carboxylic acids is 1. The molecule has 0 heterocycles. The Morgan fingerprint density at radius 1 is 1.30 bits per heavy atom. The molecule has 2 amide bonds. The predicted molar refractivity (Wildman–Crippen MR) is 104 cm³/mol. The number of aliphatic hydroxyl groups excluding tert-OH is 1. The van der Waals surface area contributed by atoms with Crippen molar-refractivity contribution in [3.05, 3.63) is 23.8 Å². The van der Waals surface area contributed by atoms with Gasteiger partial charge in [-0.3, -0.25) is 0 Å². The molecule has 9 heteroatoms. The molecular formula is C18H30N2O6S. The highest BCUT2D eigenvalue weighted by atomic mass is 32.2. The van der Waals surface area contributed by atoms with E-state index in [0.717, 1.165) is 11.8 Å². The van der Waals surface area contributed by atoms with Crippen LogP contribution < -0.4 is 5.32 Å². The van der Waals surface area contributed by atoms with E-state index in [4.69, 9.17) is 9.47 Å². The fraction of sp³-hybridized carbons (Fsp3) is 0.611. The Morgan fingerprint density at radius 3 is 2.56 bits per heavy atom. The molecule has 1 aromatic carbocycles. The Balaban J connectivity index is 2.52. The molecule has 1 atom stereocenters. The molecule has 2 N–H and O–H groups in total. The van der Waals surface area contributed by atoms with Crippen LogP contribution in [0.15, 0.2) is 23.1 Å². The third kappa shape index (κ3) is 8.70. The molecule has 0 radical (unpaired) electrons. The van der Waals surface area contributed by atoms with Gasteiger partial charge in [0.25, 0.3) is 0 Å². The lowest BCUT2D eigenvalue weighted by molar-refractivity contribution is -0.0144. The summed E-state index contributed by atoms with van der Waals surface area (Å²) in [4.78, 5) is 13.7. The molecule has 0 aliphatic rings. The molecule has 27 heavy (non-hydrogen) atoms. The largest absolute Gasteiger partial charge is 0.389 e. The highest BCUT2D eigenvalue weighted by Crippen LogP contribution is 2.20. The van der Waals surface area contributed by atoms with Crippen LogP contribution in [0.5, 0.6) is 0 Å². The average Bonchev–Trinajstić information content (AvgIpc) is 2.55. The van der Waals surface area contributed by atoms with Gasteiger partial charge in [-0.25, -0.2) is 13.2 Å². The number of hydrogen-bond acceptors (Lipinski definition) is 6. The van der Waals surface area contributed by atoms with E-state index in [0.29, 0.717) is 18.9 Å². The summed E-state index contributed by atoms with van der Waals surface area (Å²) < 4.78 is 34.0. The molecule has 0 bridgehead atoms. The predicted octanol–water partition coefficient (Wildman–Crippen LogP) is 1.66. The molecule has 0 aliphatic heterocycles. The van der Waals surface area contributed by atoms with Crippen LogP contribution in [0, 0.1) is 6.92 Å². The summed E-state index contributed by atoms with van der Waals surface area (Å²) in [5.41, 5.74) is 1.14. The maximum Gasteiger partial charge on any atom is 0.321 e. The molecule has 0 saturated carbocycles. The lowest BCUT2D eigenvalue weighted by Crippen LogP contribution is -2.39. The summed E-state index contributed by atoms with van der Waals surface area (Å²) >= 11 is 0. The third-order valence-corrected chi connectivity index (χ3v) is 4.81. The van der Waals surface area contributed by atoms with Crippen LogP contribution in [0.25, 0.3) is 0 Å². The fourth-order valence-electron chi connectivity index (χ4n) is 2.19. The lowest BCUT2D eigenvalue weighted by atomic mass is 10.2. The number of nitrogens with zero attached hydrogens (tertiary/aromatic N) is 1. The Bertz CT molecular complexity index is 721. The molecule has 0 spiro atoms. The summed E-state index contributed by atoms with van der Waals surface area (Å²) in [7, 11) is -1.83. The average molecular weight is 403 g/mol. The summed E-state index contributed by atoms with van der Waals surface area (Å²) in [6, 6.07) is 4.10. The van der Waals surface area contributed by atoms with Crippen molar-refractivity contribution < 1.29 is 27.8 Å². The minimum atomic E-state index is -3.37. The zero-order chi connectivity index (χ0) is 20.6. The first-order valence-corrected chi connectivity index (χ1v) is 10.6. The first-order valence-electron chi connectivity index (χ1n) is 8.71. The van der Waals surface area contributed by atoms with Crippen LogP contribution in [0.4, 0.5) is 10.5 Å². The minimum absolute atomic E-state index is 0.0711. The van der Waals surface area contributed by atoms with E-state index >= 15 is 0 Å². The van der Waals surface area contributed by atoms with E-state index < -0.39 is 22.0 Å². The number of urea groups is 1. The van der Waals surface area contributed by atoms with Crippen molar-refractivity contribution in [1.29, 1.82) is 0 Å². The molecular weight excluding hydrogens is 372 g/mol. The highest BCUT2D eigenvalue weighted by Gasteiger charge is 2.16. The number of ether oxygens (including phenoxy) is 2. The third-order valence-electron chi connectivity index (χ3n) is 3.70. The van der Waals surface area contributed by atoms with E-state index in [1.807, 2.05) is 13.8 Å². The molecule has 1 unspecified atom stereocenters. The van der Waals surface area contributed by atoms with Gasteiger partial charge in [0, 0.05) is 19.0 Å². The van der Waals surface area contributed by atoms with Gasteiger partial charge in [0.15, 0.2) is 9.84 Å². The molecule has 0 fully saturated rings. The SMILES string of the molecule is Cc1ccc(S(C)(=O)=O)cc1NC(=O)N(C)CC(O)COCCOC(C)C. The van der Waals surface area contributed by atoms with Gasteiger partial charge in [0.2, 0.25) is 0 Å². The normalized spacial score (nSPS) is 12.9. The first kappa shape index (κ1) is 23.4. The summed E-state index contributed by atoms with van der Waals surface area (Å²) in [5, 5.41) is 12.6. The van der Waals surface area contributed by atoms with Crippen molar-refractivity contribution in [2.45, 2.75) is 37.9 Å². The van der Waals surface area contributed by atoms with Crippen LogP contribution in [0.2, 0.25) is 0 Å². The second-order valence-corrected chi connectivity index (χ2v) is 8.72. The second kappa shape index (κ2) is 10.6. The highest BCUT2D eigenvalue weighted by molar-refractivity contribution is 7.90. The van der Waals surface area contributed by atoms with E-state index in [-0.39, 0.29) is 24.2 Å². The van der Waals surface area contributed by atoms with Gasteiger partial charge in [0.05, 0.1) is 43.5 Å². The monoisotopic (exact) mass is 402 g/mol. The van der Waals surface area contributed by atoms with E-state index in [1.54, 1.807) is 13.0 Å². The maximum absolute atomic E-state index is 12.3. The number of nitrogens with one attached hydrogen (secondary N) is 1. The van der Waals surface area contributed by atoms with Gasteiger partial charge in [0.1, 0.15) is 0 Å². The van der Waals surface area contributed by atoms with E-state index in [9.17, 15) is 18.3 Å². The zero-order valence-electron chi connectivity index (χ0n) is 16.6. The van der Waals surface area contributed by atoms with Crippen molar-refractivity contribution in [1.82, 2.24) is 4.90 Å². The Hall–Kier alpha value is -1.68. The number of rotatable bonds is 10. The van der Waals surface area contributed by atoms with Crippen molar-refractivity contribution in [2.24, 2.45) is 0 Å². The number of sulfone groups is 1. The minimum Gasteiger partial charge on any atom is -0.389 e. The van der Waals surface area contributed by atoms with Crippen LogP contribution in [-0.2, 0) is 19.3 Å². The molecule has 154 valence electrons. The van der Waals surface area contributed by atoms with Crippen molar-refractivity contribution in [2.75, 3.05) is 45.0 Å². The second-order valence-electron chi connectivity index (χ2n) is 6.71. The Kier molecular flexibility index (Phi) is 9.17. The maximum atomic E-state index is 12.3. The van der Waals surface area contributed by atoms with Gasteiger partial charge in [-0.2, -0.15) is 0 Å². The van der Waals surface area contributed by atoms with E-state index in [2.05, 4.69) is 5.32 Å². The zero-order valence-corrected chi connectivity index (χ0v) is 17.4. The number of aliphatic hydroxyl groups is 1. The number of aryl methyl sites for hydroxylation is 1. The standard InChI is InChI=1S/C18H30N2O6S/c1-13(2)26-9-8-25-12-15(21)11-20(4)18(22)19-17-10-16(27(5,23)24)7-6-14(17)3/h6-7,10,13,15,21H,8-9,11-12H2,1-5H3,(H,19,22). The Labute approximate surface area is 161 Å². The van der Waals surface area contributed by atoms with Gasteiger partial charge in [-0.05, 0) is 38.5 Å². The van der Waals surface area contributed by atoms with Gasteiger partial charge < -0.3 is 24.8 Å². The van der Waals surface area contributed by atoms with Crippen LogP contribution in [0.3, 0.4) is 0 Å². The lowest BCUT2D eigenvalue weighted by Gasteiger charge is -2.22.